The van der Waals surface area contributed by atoms with E-state index in [1.165, 1.54) is 0 Å². The quantitative estimate of drug-likeness (QED) is 0.348. The maximum Gasteiger partial charge on any atom is 0.277 e. The summed E-state index contributed by atoms with van der Waals surface area (Å²) in [7, 11) is 0. The van der Waals surface area contributed by atoms with Crippen molar-refractivity contribution in [3.8, 4) is 11.3 Å². The van der Waals surface area contributed by atoms with E-state index in [0.717, 1.165) is 11.1 Å². The van der Waals surface area contributed by atoms with Gasteiger partial charge in [0.25, 0.3) is 5.91 Å². The van der Waals surface area contributed by atoms with Crippen molar-refractivity contribution in [2.45, 2.75) is 6.92 Å². The first-order chi connectivity index (χ1) is 13.9. The summed E-state index contributed by atoms with van der Waals surface area (Å²) in [5.41, 5.74) is 2.99. The molecule has 0 atom stereocenters. The third-order valence-corrected chi connectivity index (χ3v) is 6.00. The van der Waals surface area contributed by atoms with Gasteiger partial charge in [-0.05, 0) is 18.6 Å². The second-order valence-electron chi connectivity index (χ2n) is 6.21. The molecule has 1 amide bonds. The Morgan fingerprint density at radius 1 is 0.931 bits per heavy atom. The lowest BCUT2D eigenvalue weighted by atomic mass is 10.1. The lowest BCUT2D eigenvalue weighted by Gasteiger charge is -2.10. The number of pyridine rings is 2. The van der Waals surface area contributed by atoms with Gasteiger partial charge in [-0.1, -0.05) is 82.8 Å². The number of hydrogen-bond acceptors (Lipinski definition) is 3. The minimum absolute atomic E-state index is 0.00900. The number of carbonyl (C=O) groups excluding carboxylic acids is 1. The SMILES string of the molecule is Cc1cccn2c(NC(=O)c3nc(Cl)c(Cl)c(Cl)c3Cl)c(-c3ccccc3)nc12. The van der Waals surface area contributed by atoms with Crippen LogP contribution in [0.2, 0.25) is 20.2 Å². The fourth-order valence-corrected chi connectivity index (χ4v) is 3.74. The van der Waals surface area contributed by atoms with Crippen LogP contribution in [-0.4, -0.2) is 20.3 Å². The molecule has 5 nitrogen and oxygen atoms in total. The minimum atomic E-state index is -0.587. The Hall–Kier alpha value is -2.31. The van der Waals surface area contributed by atoms with Crippen LogP contribution >= 0.6 is 46.4 Å². The molecule has 1 aromatic carbocycles. The molecule has 4 rings (SSSR count). The number of hydrogen-bond donors (Lipinski definition) is 1. The molecule has 0 aliphatic heterocycles. The van der Waals surface area contributed by atoms with Crippen LogP contribution in [0, 0.1) is 6.92 Å². The number of benzene rings is 1. The standard InChI is InChI=1S/C20H12Cl4N4O/c1-10-6-5-9-28-18(10)26-15(11-7-3-2-4-8-11)19(28)27-20(29)16-13(22)12(21)14(23)17(24)25-16/h2-9H,1H3,(H,27,29). The van der Waals surface area contributed by atoms with Gasteiger partial charge in [0.05, 0.1) is 15.1 Å². The predicted molar refractivity (Wildman–Crippen MR) is 118 cm³/mol. The van der Waals surface area contributed by atoms with Crippen LogP contribution in [0.5, 0.6) is 0 Å². The second-order valence-corrected chi connectivity index (χ2v) is 7.70. The molecule has 0 aliphatic rings. The molecule has 0 unspecified atom stereocenters. The van der Waals surface area contributed by atoms with Crippen LogP contribution in [0.1, 0.15) is 16.1 Å². The van der Waals surface area contributed by atoms with Gasteiger partial charge >= 0.3 is 0 Å². The first-order valence-corrected chi connectivity index (χ1v) is 9.94. The number of carbonyl (C=O) groups is 1. The van der Waals surface area contributed by atoms with E-state index >= 15 is 0 Å². The van der Waals surface area contributed by atoms with Gasteiger partial charge in [0.15, 0.2) is 5.69 Å². The minimum Gasteiger partial charge on any atom is -0.304 e. The molecule has 146 valence electrons. The van der Waals surface area contributed by atoms with E-state index in [1.807, 2.05) is 55.6 Å². The van der Waals surface area contributed by atoms with Crippen molar-refractivity contribution in [1.82, 2.24) is 14.4 Å². The molecular formula is C20H12Cl4N4O. The Morgan fingerprint density at radius 2 is 1.66 bits per heavy atom. The van der Waals surface area contributed by atoms with Gasteiger partial charge in [0.2, 0.25) is 0 Å². The summed E-state index contributed by atoms with van der Waals surface area (Å²) in [4.78, 5) is 21.7. The van der Waals surface area contributed by atoms with Crippen molar-refractivity contribution in [3.05, 3.63) is 80.1 Å². The molecule has 4 aromatic rings. The van der Waals surface area contributed by atoms with Gasteiger partial charge in [0.1, 0.15) is 22.3 Å². The number of fused-ring (bicyclic) bond motifs is 1. The Morgan fingerprint density at radius 3 is 2.38 bits per heavy atom. The highest BCUT2D eigenvalue weighted by atomic mass is 35.5. The molecular weight excluding hydrogens is 454 g/mol. The number of halogens is 4. The fraction of sp³-hybridized carbons (Fsp3) is 0.0500. The number of anilines is 1. The molecule has 0 radical (unpaired) electrons. The Bertz CT molecular complexity index is 1250. The van der Waals surface area contributed by atoms with Crippen LogP contribution in [0.4, 0.5) is 5.82 Å². The average molecular weight is 466 g/mol. The maximum absolute atomic E-state index is 13.0. The van der Waals surface area contributed by atoms with Crippen LogP contribution < -0.4 is 5.32 Å². The van der Waals surface area contributed by atoms with E-state index in [4.69, 9.17) is 51.4 Å². The number of amides is 1. The van der Waals surface area contributed by atoms with Gasteiger partial charge in [-0.15, -0.1) is 0 Å². The molecule has 0 saturated heterocycles. The number of nitrogens with one attached hydrogen (secondary N) is 1. The van der Waals surface area contributed by atoms with Gasteiger partial charge < -0.3 is 5.32 Å². The zero-order valence-electron chi connectivity index (χ0n) is 14.9. The summed E-state index contributed by atoms with van der Waals surface area (Å²) in [5.74, 6) is -0.115. The Balaban J connectivity index is 1.87. The molecule has 29 heavy (non-hydrogen) atoms. The largest absolute Gasteiger partial charge is 0.304 e. The van der Waals surface area contributed by atoms with Crippen LogP contribution in [-0.2, 0) is 0 Å². The fourth-order valence-electron chi connectivity index (χ4n) is 2.93. The third-order valence-electron chi connectivity index (χ3n) is 4.32. The number of aromatic nitrogens is 3. The van der Waals surface area contributed by atoms with Crippen molar-refractivity contribution in [3.63, 3.8) is 0 Å². The lowest BCUT2D eigenvalue weighted by molar-refractivity contribution is 0.102. The number of aryl methyl sites for hydroxylation is 1. The first-order valence-electron chi connectivity index (χ1n) is 8.43. The summed E-state index contributed by atoms with van der Waals surface area (Å²) in [6, 6.07) is 13.3. The predicted octanol–water partition coefficient (Wildman–Crippen LogP) is 6.57. The number of imidazole rings is 1. The molecule has 0 saturated carbocycles. The molecule has 0 aliphatic carbocycles. The maximum atomic E-state index is 13.0. The summed E-state index contributed by atoms with van der Waals surface area (Å²) in [6.45, 7) is 1.94. The van der Waals surface area contributed by atoms with E-state index < -0.39 is 5.91 Å². The van der Waals surface area contributed by atoms with E-state index in [9.17, 15) is 4.79 Å². The monoisotopic (exact) mass is 464 g/mol. The highest BCUT2D eigenvalue weighted by molar-refractivity contribution is 6.52. The Labute approximate surface area is 186 Å². The smallest absolute Gasteiger partial charge is 0.277 e. The summed E-state index contributed by atoms with van der Waals surface area (Å²) < 4.78 is 1.79. The number of nitrogens with zero attached hydrogens (tertiary/aromatic N) is 3. The van der Waals surface area contributed by atoms with Gasteiger partial charge in [-0.3, -0.25) is 9.20 Å². The molecule has 9 heteroatoms. The number of rotatable bonds is 3. The van der Waals surface area contributed by atoms with E-state index in [2.05, 4.69) is 10.3 Å². The molecule has 0 spiro atoms. The zero-order chi connectivity index (χ0) is 20.7. The van der Waals surface area contributed by atoms with E-state index in [-0.39, 0.29) is 25.9 Å². The molecule has 3 aromatic heterocycles. The molecule has 3 heterocycles. The third kappa shape index (κ3) is 3.55. The lowest BCUT2D eigenvalue weighted by Crippen LogP contribution is -2.16. The van der Waals surface area contributed by atoms with Crippen LogP contribution in [0.15, 0.2) is 48.7 Å². The van der Waals surface area contributed by atoms with Crippen molar-refractivity contribution in [2.24, 2.45) is 0 Å². The summed E-state index contributed by atoms with van der Waals surface area (Å²) in [6.07, 6.45) is 1.81. The van der Waals surface area contributed by atoms with E-state index in [1.54, 1.807) is 4.40 Å². The first kappa shape index (κ1) is 20.0. The highest BCUT2D eigenvalue weighted by Gasteiger charge is 2.23. The zero-order valence-corrected chi connectivity index (χ0v) is 17.9. The van der Waals surface area contributed by atoms with Crippen molar-refractivity contribution in [2.75, 3.05) is 5.32 Å². The van der Waals surface area contributed by atoms with Gasteiger partial charge in [0, 0.05) is 11.8 Å². The van der Waals surface area contributed by atoms with Crippen molar-refractivity contribution in [1.29, 1.82) is 0 Å². The van der Waals surface area contributed by atoms with E-state index in [0.29, 0.717) is 17.2 Å². The summed E-state index contributed by atoms with van der Waals surface area (Å²) in [5, 5.41) is 2.62. The molecule has 0 fully saturated rings. The van der Waals surface area contributed by atoms with Crippen molar-refractivity contribution < 1.29 is 4.79 Å². The van der Waals surface area contributed by atoms with Gasteiger partial charge in [-0.2, -0.15) is 0 Å². The Kier molecular flexibility index (Phi) is 5.40. The second kappa shape index (κ2) is 7.84. The van der Waals surface area contributed by atoms with Crippen molar-refractivity contribution >= 4 is 63.8 Å². The molecule has 1 N–H and O–H groups in total. The topological polar surface area (TPSA) is 59.3 Å². The van der Waals surface area contributed by atoms with Crippen LogP contribution in [0.3, 0.4) is 0 Å². The summed E-state index contributed by atoms with van der Waals surface area (Å²) >= 11 is 24.2. The van der Waals surface area contributed by atoms with Crippen LogP contribution in [0.25, 0.3) is 16.9 Å². The average Bonchev–Trinajstić information content (AvgIpc) is 3.09. The van der Waals surface area contributed by atoms with Gasteiger partial charge in [-0.25, -0.2) is 9.97 Å². The normalized spacial score (nSPS) is 11.1. The molecule has 0 bridgehead atoms. The highest BCUT2D eigenvalue weighted by Crippen LogP contribution is 2.37.